The molecule has 8 rings (SSSR count). The van der Waals surface area contributed by atoms with E-state index >= 15 is 0 Å². The molecule has 3 heterocycles. The number of anilines is 2. The van der Waals surface area contributed by atoms with E-state index in [9.17, 15) is 28.4 Å². The largest absolute Gasteiger partial charge is 0.483 e. The molecule has 2 saturated carbocycles. The number of carbonyl (C=O) groups is 4. The van der Waals surface area contributed by atoms with Gasteiger partial charge in [0.15, 0.2) is 6.61 Å². The van der Waals surface area contributed by atoms with Crippen LogP contribution in [-0.2, 0) is 19.1 Å². The number of fused-ring (bicyclic) bond motifs is 9. The Hall–Kier alpha value is -4.75. The van der Waals surface area contributed by atoms with Gasteiger partial charge in [0.1, 0.15) is 11.6 Å². The minimum Gasteiger partial charge on any atom is -0.483 e. The highest BCUT2D eigenvalue weighted by Gasteiger charge is 2.69. The second-order valence-corrected chi connectivity index (χ2v) is 14.8. The van der Waals surface area contributed by atoms with Crippen molar-refractivity contribution in [1.29, 1.82) is 0 Å². The molecule has 13 heteroatoms. The van der Waals surface area contributed by atoms with Crippen LogP contribution in [0.5, 0.6) is 5.75 Å². The summed E-state index contributed by atoms with van der Waals surface area (Å²) in [4.78, 5) is 70.3. The van der Waals surface area contributed by atoms with Gasteiger partial charge in [-0.3, -0.25) is 24.1 Å². The van der Waals surface area contributed by atoms with Crippen LogP contribution in [0, 0.1) is 35.4 Å². The maximum Gasteiger partial charge on any atom is 0.338 e. The number of hydrogen-bond donors (Lipinski definition) is 2. The molecule has 2 aliphatic heterocycles. The first kappa shape index (κ1) is 31.5. The summed E-state index contributed by atoms with van der Waals surface area (Å²) < 4.78 is 24.8. The highest BCUT2D eigenvalue weighted by atomic mass is 32.2. The minimum absolute atomic E-state index is 0.0344. The number of halogens is 1. The number of H-pyrrole nitrogens is 1. The van der Waals surface area contributed by atoms with Crippen molar-refractivity contribution in [2.45, 2.75) is 29.5 Å². The lowest BCUT2D eigenvalue weighted by molar-refractivity contribution is -0.123. The average Bonchev–Trinajstić information content (AvgIpc) is 3.84. The van der Waals surface area contributed by atoms with E-state index < -0.39 is 29.5 Å². The van der Waals surface area contributed by atoms with Crippen LogP contribution in [0.4, 0.5) is 15.8 Å². The number of imide groups is 1. The molecule has 2 aliphatic carbocycles. The van der Waals surface area contributed by atoms with Crippen LogP contribution in [0.1, 0.15) is 40.1 Å². The number of hydrogen-bond acceptors (Lipinski definition) is 9. The van der Waals surface area contributed by atoms with Crippen molar-refractivity contribution in [2.75, 3.05) is 23.4 Å². The smallest absolute Gasteiger partial charge is 0.338 e. The summed E-state index contributed by atoms with van der Waals surface area (Å²) >= 11 is 2.72. The maximum absolute atomic E-state index is 14.0. The Morgan fingerprint density at radius 2 is 1.67 bits per heavy atom. The van der Waals surface area contributed by atoms with Crippen LogP contribution in [0.3, 0.4) is 0 Å². The topological polar surface area (TPSA) is 135 Å². The van der Waals surface area contributed by atoms with Crippen LogP contribution < -0.4 is 19.8 Å². The molecule has 1 saturated heterocycles. The lowest BCUT2D eigenvalue weighted by Crippen LogP contribution is -2.42. The first-order valence-electron chi connectivity index (χ1n) is 16.0. The highest BCUT2D eigenvalue weighted by Crippen LogP contribution is 2.69. The molecule has 49 heavy (non-hydrogen) atoms. The Morgan fingerprint density at radius 3 is 2.41 bits per heavy atom. The fraction of sp³-hybridized carbons (Fsp3) is 0.306. The van der Waals surface area contributed by atoms with E-state index in [2.05, 4.69) is 10.3 Å². The number of carbonyl (C=O) groups excluding carboxylic acids is 4. The number of ether oxygens (including phenoxy) is 2. The summed E-state index contributed by atoms with van der Waals surface area (Å²) in [6.45, 7) is 1.70. The fourth-order valence-electron chi connectivity index (χ4n) is 8.32. The summed E-state index contributed by atoms with van der Waals surface area (Å²) in [6.07, 6.45) is 0.711. The zero-order chi connectivity index (χ0) is 34.0. The van der Waals surface area contributed by atoms with Crippen molar-refractivity contribution in [1.82, 2.24) is 4.98 Å². The third-order valence-corrected chi connectivity index (χ3v) is 12.7. The van der Waals surface area contributed by atoms with Crippen LogP contribution in [-0.4, -0.2) is 47.1 Å². The van der Waals surface area contributed by atoms with Gasteiger partial charge in [0.2, 0.25) is 11.8 Å². The van der Waals surface area contributed by atoms with Crippen molar-refractivity contribution >= 4 is 58.2 Å². The van der Waals surface area contributed by atoms with Gasteiger partial charge in [-0.15, -0.1) is 11.8 Å². The standard InChI is InChI=1S/C36H30FN3O7S2/c1-2-46-35(44)17-7-11-19(12-8-17)38-25(41)16-47-24-6-4-3-5-21(24)26-27-22-15-23(30(27)48-32-31(26)49-36(45)39-32)29-28(22)33(42)40(34(29)43)20-13-9-18(37)10-14-20/h3-14,22-23,26-30H,2,15-16H2,1H3,(H,38,41)(H,39,45)/t22-,23-,26+,27-,28+,29+,30-/m1/s1. The van der Waals surface area contributed by atoms with Crippen molar-refractivity contribution in [3.8, 4) is 5.75 Å². The van der Waals surface area contributed by atoms with Crippen LogP contribution in [0.2, 0.25) is 0 Å². The average molecular weight is 700 g/mol. The van der Waals surface area contributed by atoms with E-state index in [0.717, 1.165) is 26.8 Å². The second kappa shape index (κ2) is 12.3. The van der Waals surface area contributed by atoms with Gasteiger partial charge >= 0.3 is 10.8 Å². The number of esters is 1. The SMILES string of the molecule is CCOC(=O)c1ccc(NC(=O)COc2ccccc2[C@@H]2c3sc(=O)[nH]c3S[C@@H]3[C@@H]4C[C@@H]([C@@H]5C(=O)N(c6ccc(F)cc6)C(=O)[C@@H]45)[C@H]23)cc1. The number of aromatic nitrogens is 1. The molecule has 0 spiro atoms. The van der Waals surface area contributed by atoms with Gasteiger partial charge in [-0.2, -0.15) is 0 Å². The van der Waals surface area contributed by atoms with Crippen LogP contribution >= 0.6 is 23.1 Å². The molecule has 10 nitrogen and oxygen atoms in total. The van der Waals surface area contributed by atoms with E-state index in [0.29, 0.717) is 29.1 Å². The quantitative estimate of drug-likeness (QED) is 0.183. The zero-order valence-corrected chi connectivity index (χ0v) is 27.7. The molecule has 2 bridgehead atoms. The molecule has 1 aromatic heterocycles. The van der Waals surface area contributed by atoms with E-state index in [-0.39, 0.29) is 58.8 Å². The number of para-hydroxylation sites is 1. The van der Waals surface area contributed by atoms with Crippen molar-refractivity contribution in [3.05, 3.63) is 104 Å². The van der Waals surface area contributed by atoms with Crippen molar-refractivity contribution < 1.29 is 33.0 Å². The minimum atomic E-state index is -0.516. The normalized spacial score (nSPS) is 26.2. The number of nitrogens with zero attached hydrogens (tertiary/aromatic N) is 1. The van der Waals surface area contributed by atoms with E-state index in [1.165, 1.54) is 29.2 Å². The van der Waals surface area contributed by atoms with Gasteiger partial charge in [0, 0.05) is 27.3 Å². The predicted octanol–water partition coefficient (Wildman–Crippen LogP) is 5.45. The third kappa shape index (κ3) is 5.26. The first-order valence-corrected chi connectivity index (χ1v) is 17.7. The molecule has 0 unspecified atom stereocenters. The molecule has 0 radical (unpaired) electrons. The predicted molar refractivity (Wildman–Crippen MR) is 180 cm³/mol. The number of rotatable bonds is 8. The van der Waals surface area contributed by atoms with Crippen LogP contribution in [0.25, 0.3) is 0 Å². The second-order valence-electron chi connectivity index (χ2n) is 12.6. The fourth-order valence-corrected chi connectivity index (χ4v) is 11.2. The van der Waals surface area contributed by atoms with E-state index in [4.69, 9.17) is 9.47 Å². The van der Waals surface area contributed by atoms with Gasteiger partial charge in [-0.1, -0.05) is 29.5 Å². The van der Waals surface area contributed by atoms with Crippen LogP contribution in [0.15, 0.2) is 82.6 Å². The molecule has 3 aromatic carbocycles. The first-order chi connectivity index (χ1) is 23.7. The Morgan fingerprint density at radius 1 is 0.959 bits per heavy atom. The highest BCUT2D eigenvalue weighted by molar-refractivity contribution is 8.00. The van der Waals surface area contributed by atoms with Gasteiger partial charge in [0.25, 0.3) is 5.91 Å². The molecule has 4 aliphatic rings. The third-order valence-electron chi connectivity index (χ3n) is 10.1. The zero-order valence-electron chi connectivity index (χ0n) is 26.1. The monoisotopic (exact) mass is 699 g/mol. The summed E-state index contributed by atoms with van der Waals surface area (Å²) in [5, 5.41) is 3.51. The number of thioether (sulfide) groups is 1. The molecule has 2 N–H and O–H groups in total. The maximum atomic E-state index is 14.0. The summed E-state index contributed by atoms with van der Waals surface area (Å²) in [7, 11) is 0. The Balaban J connectivity index is 1.06. The Bertz CT molecular complexity index is 2050. The molecule has 3 fully saturated rings. The number of benzene rings is 3. The lowest BCUT2D eigenvalue weighted by atomic mass is 9.68. The summed E-state index contributed by atoms with van der Waals surface area (Å²) in [5.41, 5.74) is 2.04. The van der Waals surface area contributed by atoms with Gasteiger partial charge < -0.3 is 19.8 Å². The summed E-state index contributed by atoms with van der Waals surface area (Å²) in [6, 6.07) is 19.2. The number of amides is 3. The van der Waals surface area contributed by atoms with Gasteiger partial charge in [0.05, 0.1) is 34.7 Å². The summed E-state index contributed by atoms with van der Waals surface area (Å²) in [5.74, 6) is -2.91. The van der Waals surface area contributed by atoms with E-state index in [1.54, 1.807) is 49.0 Å². The van der Waals surface area contributed by atoms with Crippen molar-refractivity contribution in [2.24, 2.45) is 29.6 Å². The number of nitrogens with one attached hydrogen (secondary N) is 2. The molecule has 250 valence electrons. The number of aromatic amines is 1. The van der Waals surface area contributed by atoms with Gasteiger partial charge in [-0.05, 0) is 85.7 Å². The Labute approximate surface area is 288 Å². The molecular weight excluding hydrogens is 670 g/mol. The number of thiazole rings is 1. The Kier molecular flexibility index (Phi) is 7.91. The molecular formula is C36H30FN3O7S2. The van der Waals surface area contributed by atoms with Crippen molar-refractivity contribution in [3.63, 3.8) is 0 Å². The van der Waals surface area contributed by atoms with Gasteiger partial charge in [-0.25, -0.2) is 9.18 Å². The lowest BCUT2D eigenvalue weighted by Gasteiger charge is -2.43. The molecule has 3 amide bonds. The molecule has 7 atom stereocenters. The molecule has 4 aromatic rings. The van der Waals surface area contributed by atoms with E-state index in [1.807, 2.05) is 18.2 Å².